The number of methoxy groups -OCH3 is 1. The van der Waals surface area contributed by atoms with E-state index in [-0.39, 0.29) is 17.3 Å². The SMILES string of the molecule is COC(=O)C(CCCCNC(=O)c1ccccc1)NC(=O)c1ccc(N=N)nc1. The van der Waals surface area contributed by atoms with Crippen molar-refractivity contribution in [2.24, 2.45) is 5.11 Å². The molecule has 0 fully saturated rings. The Kier molecular flexibility index (Phi) is 8.43. The van der Waals surface area contributed by atoms with Crippen LogP contribution < -0.4 is 10.6 Å². The van der Waals surface area contributed by atoms with Gasteiger partial charge in [0.1, 0.15) is 6.04 Å². The highest BCUT2D eigenvalue weighted by molar-refractivity contribution is 5.96. The molecular weight excluding hydrogens is 374 g/mol. The average molecular weight is 397 g/mol. The quantitative estimate of drug-likeness (QED) is 0.322. The number of hydrogen-bond acceptors (Lipinski definition) is 7. The Balaban J connectivity index is 1.80. The number of pyridine rings is 1. The Bertz CT molecular complexity index is 840. The summed E-state index contributed by atoms with van der Waals surface area (Å²) in [6.45, 7) is 0.456. The number of nitrogens with one attached hydrogen (secondary N) is 3. The Hall–Kier alpha value is -3.62. The predicted octanol–water partition coefficient (Wildman–Crippen LogP) is 2.62. The highest BCUT2D eigenvalue weighted by Crippen LogP contribution is 2.09. The van der Waals surface area contributed by atoms with E-state index in [0.717, 1.165) is 0 Å². The summed E-state index contributed by atoms with van der Waals surface area (Å²) in [5.74, 6) is -0.985. The van der Waals surface area contributed by atoms with Crippen molar-refractivity contribution >= 4 is 23.6 Å². The number of aromatic nitrogens is 1. The van der Waals surface area contributed by atoms with Gasteiger partial charge in [0.25, 0.3) is 11.8 Å². The topological polar surface area (TPSA) is 134 Å². The molecule has 0 saturated heterocycles. The largest absolute Gasteiger partial charge is 0.467 e. The van der Waals surface area contributed by atoms with Crippen LogP contribution in [-0.2, 0) is 9.53 Å². The first-order valence-electron chi connectivity index (χ1n) is 9.10. The maximum Gasteiger partial charge on any atom is 0.328 e. The zero-order valence-electron chi connectivity index (χ0n) is 16.1. The molecule has 9 nitrogen and oxygen atoms in total. The van der Waals surface area contributed by atoms with Gasteiger partial charge in [-0.3, -0.25) is 9.59 Å². The molecule has 0 radical (unpaired) electrons. The van der Waals surface area contributed by atoms with Gasteiger partial charge in [0, 0.05) is 18.3 Å². The normalized spacial score (nSPS) is 11.2. The second-order valence-corrected chi connectivity index (χ2v) is 6.18. The molecule has 0 aliphatic heterocycles. The molecule has 9 heteroatoms. The van der Waals surface area contributed by atoms with E-state index < -0.39 is 17.9 Å². The summed E-state index contributed by atoms with van der Waals surface area (Å²) in [6, 6.07) is 11.0. The molecule has 2 aromatic rings. The lowest BCUT2D eigenvalue weighted by molar-refractivity contribution is -0.143. The van der Waals surface area contributed by atoms with Crippen LogP contribution in [0.1, 0.15) is 40.0 Å². The fourth-order valence-electron chi connectivity index (χ4n) is 2.59. The van der Waals surface area contributed by atoms with Crippen LogP contribution in [0.25, 0.3) is 0 Å². The van der Waals surface area contributed by atoms with Crippen LogP contribution in [0.15, 0.2) is 53.8 Å². The summed E-state index contributed by atoms with van der Waals surface area (Å²) in [7, 11) is 1.26. The smallest absolute Gasteiger partial charge is 0.328 e. The van der Waals surface area contributed by atoms with Crippen molar-refractivity contribution in [2.75, 3.05) is 13.7 Å². The molecule has 0 spiro atoms. The second kappa shape index (κ2) is 11.3. The van der Waals surface area contributed by atoms with Gasteiger partial charge in [-0.2, -0.15) is 0 Å². The van der Waals surface area contributed by atoms with Gasteiger partial charge in [0.2, 0.25) is 0 Å². The van der Waals surface area contributed by atoms with Gasteiger partial charge >= 0.3 is 5.97 Å². The number of ether oxygens (including phenoxy) is 1. The van der Waals surface area contributed by atoms with E-state index in [9.17, 15) is 14.4 Å². The minimum absolute atomic E-state index is 0.154. The molecule has 152 valence electrons. The summed E-state index contributed by atoms with van der Waals surface area (Å²) >= 11 is 0. The van der Waals surface area contributed by atoms with Crippen LogP contribution in [0, 0.1) is 5.53 Å². The molecular formula is C20H23N5O4. The van der Waals surface area contributed by atoms with Crippen molar-refractivity contribution in [1.29, 1.82) is 5.53 Å². The monoisotopic (exact) mass is 397 g/mol. The summed E-state index contributed by atoms with van der Waals surface area (Å²) in [4.78, 5) is 40.1. The third kappa shape index (κ3) is 6.80. The van der Waals surface area contributed by atoms with Gasteiger partial charge in [0.15, 0.2) is 5.82 Å². The first kappa shape index (κ1) is 21.7. The van der Waals surface area contributed by atoms with E-state index in [1.54, 1.807) is 24.3 Å². The molecule has 1 aromatic carbocycles. The van der Waals surface area contributed by atoms with Crippen LogP contribution in [-0.4, -0.2) is 42.5 Å². The zero-order valence-corrected chi connectivity index (χ0v) is 16.1. The maximum absolute atomic E-state index is 12.3. The molecule has 0 aliphatic carbocycles. The minimum atomic E-state index is -0.808. The van der Waals surface area contributed by atoms with Crippen LogP contribution in [0.2, 0.25) is 0 Å². The van der Waals surface area contributed by atoms with E-state index in [1.165, 1.54) is 25.4 Å². The van der Waals surface area contributed by atoms with Crippen molar-refractivity contribution < 1.29 is 19.1 Å². The molecule has 2 amide bonds. The Morgan fingerprint density at radius 3 is 2.45 bits per heavy atom. The van der Waals surface area contributed by atoms with Gasteiger partial charge in [-0.1, -0.05) is 18.2 Å². The number of unbranched alkanes of at least 4 members (excludes halogenated alkanes) is 1. The number of carbonyl (C=O) groups is 3. The predicted molar refractivity (Wildman–Crippen MR) is 105 cm³/mol. The molecule has 2 rings (SSSR count). The fourth-order valence-corrected chi connectivity index (χ4v) is 2.59. The molecule has 1 unspecified atom stereocenters. The van der Waals surface area contributed by atoms with E-state index >= 15 is 0 Å². The lowest BCUT2D eigenvalue weighted by Gasteiger charge is -2.16. The van der Waals surface area contributed by atoms with E-state index in [2.05, 4.69) is 20.7 Å². The molecule has 1 aromatic heterocycles. The molecule has 0 aliphatic rings. The van der Waals surface area contributed by atoms with E-state index in [4.69, 9.17) is 10.3 Å². The lowest BCUT2D eigenvalue weighted by atomic mass is 10.1. The maximum atomic E-state index is 12.3. The summed E-state index contributed by atoms with van der Waals surface area (Å²) in [6.07, 6.45) is 2.90. The van der Waals surface area contributed by atoms with Crippen LogP contribution >= 0.6 is 0 Å². The average Bonchev–Trinajstić information content (AvgIpc) is 2.77. The number of amides is 2. The molecule has 29 heavy (non-hydrogen) atoms. The van der Waals surface area contributed by atoms with Crippen LogP contribution in [0.5, 0.6) is 0 Å². The summed E-state index contributed by atoms with van der Waals surface area (Å²) in [5.41, 5.74) is 7.72. The highest BCUT2D eigenvalue weighted by atomic mass is 16.5. The van der Waals surface area contributed by atoms with Gasteiger partial charge in [-0.05, 0) is 43.5 Å². The number of nitrogens with zero attached hydrogens (tertiary/aromatic N) is 2. The minimum Gasteiger partial charge on any atom is -0.467 e. The van der Waals surface area contributed by atoms with Crippen LogP contribution in [0.4, 0.5) is 5.82 Å². The zero-order chi connectivity index (χ0) is 21.1. The molecule has 1 heterocycles. The van der Waals surface area contributed by atoms with Gasteiger partial charge in [-0.15, -0.1) is 5.11 Å². The first-order valence-corrected chi connectivity index (χ1v) is 9.10. The number of carbonyl (C=O) groups excluding carboxylic acids is 3. The molecule has 0 bridgehead atoms. The van der Waals surface area contributed by atoms with Crippen molar-refractivity contribution in [2.45, 2.75) is 25.3 Å². The Morgan fingerprint density at radius 1 is 1.07 bits per heavy atom. The first-order chi connectivity index (χ1) is 14.0. The second-order valence-electron chi connectivity index (χ2n) is 6.18. The summed E-state index contributed by atoms with van der Waals surface area (Å²) < 4.78 is 4.76. The van der Waals surface area contributed by atoms with E-state index in [0.29, 0.717) is 31.4 Å². The van der Waals surface area contributed by atoms with Gasteiger partial charge < -0.3 is 15.4 Å². The summed E-state index contributed by atoms with van der Waals surface area (Å²) in [5, 5.41) is 8.61. The lowest BCUT2D eigenvalue weighted by Crippen LogP contribution is -2.41. The van der Waals surface area contributed by atoms with Crippen molar-refractivity contribution in [3.8, 4) is 0 Å². The highest BCUT2D eigenvalue weighted by Gasteiger charge is 2.22. The van der Waals surface area contributed by atoms with Crippen LogP contribution in [0.3, 0.4) is 0 Å². The Morgan fingerprint density at radius 2 is 1.83 bits per heavy atom. The number of rotatable bonds is 10. The van der Waals surface area contributed by atoms with Gasteiger partial charge in [0.05, 0.1) is 12.7 Å². The number of esters is 1. The fraction of sp³-hybridized carbons (Fsp3) is 0.300. The van der Waals surface area contributed by atoms with Crippen molar-refractivity contribution in [1.82, 2.24) is 15.6 Å². The standard InChI is InChI=1S/C20H23N5O4/c1-29-20(28)16(24-19(27)15-10-11-17(25-21)23-13-15)9-5-6-12-22-18(26)14-7-3-2-4-8-14/h2-4,7-8,10-11,13,16,21H,5-6,9,12H2,1H3,(H,22,26)(H,24,27). The third-order valence-corrected chi connectivity index (χ3v) is 4.16. The molecule has 3 N–H and O–H groups in total. The Labute approximate surface area is 168 Å². The molecule has 0 saturated carbocycles. The van der Waals surface area contributed by atoms with Crippen molar-refractivity contribution in [3.05, 3.63) is 59.8 Å². The molecule has 1 atom stereocenters. The van der Waals surface area contributed by atoms with E-state index in [1.807, 2.05) is 6.07 Å². The number of hydrogen-bond donors (Lipinski definition) is 3. The number of benzene rings is 1. The van der Waals surface area contributed by atoms with Crippen molar-refractivity contribution in [3.63, 3.8) is 0 Å². The third-order valence-electron chi connectivity index (χ3n) is 4.16. The van der Waals surface area contributed by atoms with Gasteiger partial charge in [-0.25, -0.2) is 15.3 Å².